The van der Waals surface area contributed by atoms with Gasteiger partial charge in [-0.25, -0.2) is 0 Å². The normalized spacial score (nSPS) is 24.3. The average Bonchev–Trinajstić information content (AvgIpc) is 2.15. The quantitative estimate of drug-likeness (QED) is 0.443. The lowest BCUT2D eigenvalue weighted by atomic mass is 10.5. The molecule has 0 aliphatic carbocycles. The number of hydrogen-bond acceptors (Lipinski definition) is 2. The van der Waals surface area contributed by atoms with Gasteiger partial charge in [-0.05, 0) is 12.5 Å². The van der Waals surface area contributed by atoms with Gasteiger partial charge in [-0.15, -0.1) is 0 Å². The van der Waals surface area contributed by atoms with E-state index in [1.165, 1.54) is 13.0 Å². The molecule has 1 fully saturated rings. The van der Waals surface area contributed by atoms with Crippen LogP contribution in [0.4, 0.5) is 0 Å². The van der Waals surface area contributed by atoms with E-state index in [0.717, 1.165) is 5.25 Å². The van der Waals surface area contributed by atoms with E-state index < -0.39 is 0 Å². The molecule has 1 aliphatic rings. The highest BCUT2D eigenvalue weighted by Crippen LogP contribution is 2.20. The molecule has 0 amide bonds. The molecule has 54 valence electrons. The fraction of sp³-hybridized carbons (Fsp3) is 1.00. The fourth-order valence-corrected chi connectivity index (χ4v) is 4.87. The molecule has 9 heavy (non-hydrogen) atoms. The van der Waals surface area contributed by atoms with Crippen LogP contribution in [0, 0.1) is 0 Å². The topological polar surface area (TPSA) is 3.24 Å². The third kappa shape index (κ3) is 2.73. The van der Waals surface area contributed by atoms with Crippen LogP contribution in [-0.4, -0.2) is 25.4 Å². The lowest BCUT2D eigenvalue weighted by Crippen LogP contribution is -2.15. The molecule has 0 aromatic carbocycles. The van der Waals surface area contributed by atoms with Crippen molar-refractivity contribution in [2.45, 2.75) is 31.6 Å². The molecular weight excluding hydrogens is 146 g/mol. The molecule has 0 atom stereocenters. The summed E-state index contributed by atoms with van der Waals surface area (Å²) < 4.78 is 2.62. The Bertz CT molecular complexity index is 81.1. The van der Waals surface area contributed by atoms with Crippen molar-refractivity contribution in [3.63, 3.8) is 0 Å². The van der Waals surface area contributed by atoms with E-state index in [1.54, 1.807) is 6.04 Å². The molecule has 3 heteroatoms. The minimum absolute atomic E-state index is 0.211. The van der Waals surface area contributed by atoms with Gasteiger partial charge in [-0.1, -0.05) is 25.8 Å². The highest BCUT2D eigenvalue weighted by atomic mass is 32.2. The zero-order valence-electron chi connectivity index (χ0n) is 6.26. The van der Waals surface area contributed by atoms with Crippen molar-refractivity contribution >= 4 is 21.6 Å². The van der Waals surface area contributed by atoms with Gasteiger partial charge in [-0.3, -0.25) is 3.97 Å². The van der Waals surface area contributed by atoms with Gasteiger partial charge in [0.1, 0.15) is 9.68 Å². The van der Waals surface area contributed by atoms with E-state index >= 15 is 0 Å². The third-order valence-electron chi connectivity index (χ3n) is 1.42. The van der Waals surface area contributed by atoms with Crippen LogP contribution < -0.4 is 0 Å². The van der Waals surface area contributed by atoms with E-state index in [9.17, 15) is 0 Å². The Labute approximate surface area is 64.2 Å². The largest absolute Gasteiger partial charge is 0.278 e. The molecule has 0 bridgehead atoms. The molecule has 0 spiro atoms. The fourth-order valence-electron chi connectivity index (χ4n) is 1.09. The lowest BCUT2D eigenvalue weighted by Gasteiger charge is -2.15. The minimum Gasteiger partial charge on any atom is -0.278 e. The van der Waals surface area contributed by atoms with Gasteiger partial charge in [0.2, 0.25) is 0 Å². The predicted octanol–water partition coefficient (Wildman–Crippen LogP) is 1.25. The van der Waals surface area contributed by atoms with E-state index in [2.05, 4.69) is 29.8 Å². The Balaban J connectivity index is 2.11. The Kier molecular flexibility index (Phi) is 3.08. The van der Waals surface area contributed by atoms with Gasteiger partial charge in [0.25, 0.3) is 0 Å². The second-order valence-corrected chi connectivity index (χ2v) is 6.84. The van der Waals surface area contributed by atoms with Gasteiger partial charge in [0, 0.05) is 11.8 Å². The molecule has 0 unspecified atom stereocenters. The van der Waals surface area contributed by atoms with E-state index in [-0.39, 0.29) is 9.68 Å². The Morgan fingerprint density at radius 1 is 1.56 bits per heavy atom. The molecule has 0 saturated carbocycles. The third-order valence-corrected chi connectivity index (χ3v) is 4.95. The van der Waals surface area contributed by atoms with E-state index in [1.807, 2.05) is 0 Å². The summed E-state index contributed by atoms with van der Waals surface area (Å²) in [5, 5.41) is 0.801. The van der Waals surface area contributed by atoms with Crippen molar-refractivity contribution in [2.24, 2.45) is 0 Å². The lowest BCUT2D eigenvalue weighted by molar-refractivity contribution is 0.737. The minimum atomic E-state index is 0.211. The standard InChI is InChI=1S/C6H15NSSi/c1-6(2)8-7-4-3-5-9-7/h6H,3-5,9H2,1-2H3. The summed E-state index contributed by atoms with van der Waals surface area (Å²) in [6.45, 7) is 5.92. The summed E-state index contributed by atoms with van der Waals surface area (Å²) >= 11 is 2.06. The summed E-state index contributed by atoms with van der Waals surface area (Å²) in [5.41, 5.74) is 0. The summed E-state index contributed by atoms with van der Waals surface area (Å²) in [5.74, 6) is 0. The molecule has 0 radical (unpaired) electrons. The second-order valence-electron chi connectivity index (χ2n) is 2.79. The van der Waals surface area contributed by atoms with Gasteiger partial charge in [-0.2, -0.15) is 0 Å². The van der Waals surface area contributed by atoms with Crippen LogP contribution in [0.2, 0.25) is 6.04 Å². The van der Waals surface area contributed by atoms with Crippen LogP contribution in [0.1, 0.15) is 20.3 Å². The highest BCUT2D eigenvalue weighted by molar-refractivity contribution is 7.98. The maximum Gasteiger partial charge on any atom is 0.109 e. The number of nitrogens with zero attached hydrogens (tertiary/aromatic N) is 1. The van der Waals surface area contributed by atoms with Crippen molar-refractivity contribution in [3.05, 3.63) is 0 Å². The zero-order chi connectivity index (χ0) is 6.69. The van der Waals surface area contributed by atoms with E-state index in [0.29, 0.717) is 0 Å². The van der Waals surface area contributed by atoms with Gasteiger partial charge < -0.3 is 0 Å². The molecule has 1 rings (SSSR count). The van der Waals surface area contributed by atoms with Crippen molar-refractivity contribution in [2.75, 3.05) is 6.54 Å². The first-order chi connectivity index (χ1) is 4.29. The van der Waals surface area contributed by atoms with Gasteiger partial charge in [0.05, 0.1) is 0 Å². The second kappa shape index (κ2) is 3.64. The van der Waals surface area contributed by atoms with Crippen molar-refractivity contribution in [1.82, 2.24) is 3.97 Å². The summed E-state index contributed by atoms with van der Waals surface area (Å²) in [6, 6.07) is 1.54. The number of rotatable bonds is 2. The summed E-state index contributed by atoms with van der Waals surface area (Å²) in [4.78, 5) is 0. The first-order valence-corrected chi connectivity index (χ1v) is 6.17. The smallest absolute Gasteiger partial charge is 0.109 e. The van der Waals surface area contributed by atoms with Crippen molar-refractivity contribution in [1.29, 1.82) is 0 Å². The molecule has 0 aromatic rings. The van der Waals surface area contributed by atoms with Crippen LogP contribution in [0.3, 0.4) is 0 Å². The first kappa shape index (κ1) is 7.63. The molecular formula is C6H15NSSi. The SMILES string of the molecule is CC(C)SN1CCC[SiH2]1. The van der Waals surface area contributed by atoms with Crippen molar-refractivity contribution in [3.8, 4) is 0 Å². The van der Waals surface area contributed by atoms with Gasteiger partial charge >= 0.3 is 0 Å². The molecule has 1 nitrogen and oxygen atoms in total. The van der Waals surface area contributed by atoms with Crippen LogP contribution in [-0.2, 0) is 0 Å². The predicted molar refractivity (Wildman–Crippen MR) is 47.4 cm³/mol. The molecule has 0 aromatic heterocycles. The summed E-state index contributed by atoms with van der Waals surface area (Å²) in [6.07, 6.45) is 1.46. The maximum absolute atomic E-state index is 2.62. The van der Waals surface area contributed by atoms with Crippen LogP contribution >= 0.6 is 11.9 Å². The number of hydrogen-bond donors (Lipinski definition) is 0. The molecule has 1 heterocycles. The summed E-state index contributed by atoms with van der Waals surface area (Å²) in [7, 11) is 0.211. The van der Waals surface area contributed by atoms with Gasteiger partial charge in [0.15, 0.2) is 0 Å². The molecule has 1 saturated heterocycles. The molecule has 0 N–H and O–H groups in total. The maximum atomic E-state index is 2.62. The molecule has 1 aliphatic heterocycles. The Morgan fingerprint density at radius 2 is 2.33 bits per heavy atom. The Hall–Kier alpha value is 0.527. The average molecular weight is 161 g/mol. The monoisotopic (exact) mass is 161 g/mol. The highest BCUT2D eigenvalue weighted by Gasteiger charge is 2.12. The van der Waals surface area contributed by atoms with Crippen LogP contribution in [0.25, 0.3) is 0 Å². The van der Waals surface area contributed by atoms with E-state index in [4.69, 9.17) is 0 Å². The zero-order valence-corrected chi connectivity index (χ0v) is 8.49. The van der Waals surface area contributed by atoms with Crippen molar-refractivity contribution < 1.29 is 0 Å². The van der Waals surface area contributed by atoms with Crippen LogP contribution in [0.5, 0.6) is 0 Å². The Morgan fingerprint density at radius 3 is 2.78 bits per heavy atom. The van der Waals surface area contributed by atoms with Crippen LogP contribution in [0.15, 0.2) is 0 Å². The first-order valence-electron chi connectivity index (χ1n) is 3.71.